The van der Waals surface area contributed by atoms with Crippen LogP contribution in [0.25, 0.3) is 6.08 Å². The lowest BCUT2D eigenvalue weighted by Crippen LogP contribution is -2.04. The van der Waals surface area contributed by atoms with Gasteiger partial charge in [0.15, 0.2) is 0 Å². The molecular weight excluding hydrogens is 289 g/mol. The number of ether oxygens (including phenoxy) is 1. The lowest BCUT2D eigenvalue weighted by atomic mass is 9.98. The maximum atomic E-state index is 12.5. The van der Waals surface area contributed by atoms with E-state index in [4.69, 9.17) is 4.74 Å². The van der Waals surface area contributed by atoms with E-state index in [2.05, 4.69) is 0 Å². The Balaban J connectivity index is 2.07. The first-order chi connectivity index (χ1) is 10.4. The van der Waals surface area contributed by atoms with Gasteiger partial charge in [0.2, 0.25) is 0 Å². The number of alkyl halides is 3. The Morgan fingerprint density at radius 2 is 1.55 bits per heavy atom. The summed E-state index contributed by atoms with van der Waals surface area (Å²) in [4.78, 5) is 0. The first-order valence-corrected chi connectivity index (χ1v) is 6.89. The van der Waals surface area contributed by atoms with Gasteiger partial charge >= 0.3 is 6.18 Å². The van der Waals surface area contributed by atoms with E-state index in [-0.39, 0.29) is 5.92 Å². The first-order valence-electron chi connectivity index (χ1n) is 6.89. The Hall–Kier alpha value is -2.23. The molecule has 116 valence electrons. The van der Waals surface area contributed by atoms with Gasteiger partial charge in [0.25, 0.3) is 0 Å². The number of halogens is 3. The van der Waals surface area contributed by atoms with Crippen LogP contribution in [0.1, 0.15) is 29.5 Å². The predicted molar refractivity (Wildman–Crippen MR) is 81.9 cm³/mol. The smallest absolute Gasteiger partial charge is 0.416 e. The van der Waals surface area contributed by atoms with E-state index in [1.54, 1.807) is 7.11 Å². The largest absolute Gasteiger partial charge is 0.497 e. The molecule has 1 nitrogen and oxygen atoms in total. The number of benzene rings is 2. The Kier molecular flexibility index (Phi) is 4.91. The molecule has 0 aliphatic rings. The van der Waals surface area contributed by atoms with Crippen LogP contribution >= 0.6 is 0 Å². The molecule has 0 saturated heterocycles. The monoisotopic (exact) mass is 306 g/mol. The van der Waals surface area contributed by atoms with Crippen LogP contribution in [-0.4, -0.2) is 7.11 Å². The third-order valence-electron chi connectivity index (χ3n) is 3.46. The summed E-state index contributed by atoms with van der Waals surface area (Å²) in [5, 5.41) is 0. The van der Waals surface area contributed by atoms with E-state index in [0.717, 1.165) is 29.0 Å². The average Bonchev–Trinajstić information content (AvgIpc) is 2.52. The van der Waals surface area contributed by atoms with Crippen molar-refractivity contribution in [3.05, 3.63) is 71.3 Å². The Morgan fingerprint density at radius 1 is 0.955 bits per heavy atom. The first kappa shape index (κ1) is 16.1. The minimum Gasteiger partial charge on any atom is -0.497 e. The van der Waals surface area contributed by atoms with Crippen LogP contribution in [0.4, 0.5) is 13.2 Å². The lowest BCUT2D eigenvalue weighted by molar-refractivity contribution is -0.137. The molecular formula is C18H17F3O. The maximum absolute atomic E-state index is 12.5. The Morgan fingerprint density at radius 3 is 2.05 bits per heavy atom. The topological polar surface area (TPSA) is 9.23 Å². The van der Waals surface area contributed by atoms with Crippen molar-refractivity contribution in [1.82, 2.24) is 0 Å². The van der Waals surface area contributed by atoms with Crippen molar-refractivity contribution in [2.24, 2.45) is 0 Å². The van der Waals surface area contributed by atoms with Crippen molar-refractivity contribution in [1.29, 1.82) is 0 Å². The van der Waals surface area contributed by atoms with Crippen LogP contribution in [0, 0.1) is 0 Å². The molecule has 0 amide bonds. The standard InChI is InChI=1S/C18H17F3O/c1-13(3-4-14-5-11-17(22-2)12-6-14)15-7-9-16(10-8-15)18(19,20)21/h3-13H,1-2H3/b4-3+/t13-/m0/s1. The molecule has 0 aromatic heterocycles. The van der Waals surface area contributed by atoms with E-state index >= 15 is 0 Å². The fourth-order valence-corrected chi connectivity index (χ4v) is 2.06. The number of allylic oxidation sites excluding steroid dienone is 1. The van der Waals surface area contributed by atoms with Crippen molar-refractivity contribution in [2.75, 3.05) is 7.11 Å². The summed E-state index contributed by atoms with van der Waals surface area (Å²) in [5.74, 6) is 0.817. The van der Waals surface area contributed by atoms with Crippen molar-refractivity contribution in [2.45, 2.75) is 19.0 Å². The molecule has 22 heavy (non-hydrogen) atoms. The Bertz CT molecular complexity index is 625. The normalized spacial score (nSPS) is 13.3. The summed E-state index contributed by atoms with van der Waals surface area (Å²) < 4.78 is 42.7. The molecule has 2 rings (SSSR count). The van der Waals surface area contributed by atoms with Crippen LogP contribution < -0.4 is 4.74 Å². The molecule has 0 bridgehead atoms. The van der Waals surface area contributed by atoms with Crippen LogP contribution in [0.3, 0.4) is 0 Å². The fraction of sp³-hybridized carbons (Fsp3) is 0.222. The van der Waals surface area contributed by atoms with Gasteiger partial charge in [-0.15, -0.1) is 0 Å². The molecule has 0 N–H and O–H groups in total. The Labute approximate surface area is 128 Å². The van der Waals surface area contributed by atoms with Crippen LogP contribution in [0.5, 0.6) is 5.75 Å². The minimum absolute atomic E-state index is 0.0318. The average molecular weight is 306 g/mol. The van der Waals surface area contributed by atoms with Gasteiger partial charge in [-0.25, -0.2) is 0 Å². The molecule has 0 radical (unpaired) electrons. The summed E-state index contributed by atoms with van der Waals surface area (Å²) >= 11 is 0. The number of rotatable bonds is 4. The van der Waals surface area contributed by atoms with Crippen LogP contribution in [0.2, 0.25) is 0 Å². The third-order valence-corrected chi connectivity index (χ3v) is 3.46. The molecule has 1 atom stereocenters. The molecule has 0 saturated carbocycles. The van der Waals surface area contributed by atoms with Gasteiger partial charge in [-0.1, -0.05) is 43.3 Å². The summed E-state index contributed by atoms with van der Waals surface area (Å²) in [7, 11) is 1.61. The van der Waals surface area contributed by atoms with Crippen molar-refractivity contribution in [3.63, 3.8) is 0 Å². The zero-order valence-electron chi connectivity index (χ0n) is 12.4. The highest BCUT2D eigenvalue weighted by Gasteiger charge is 2.29. The van der Waals surface area contributed by atoms with Gasteiger partial charge in [0.05, 0.1) is 12.7 Å². The zero-order chi connectivity index (χ0) is 16.2. The fourth-order valence-electron chi connectivity index (χ4n) is 2.06. The van der Waals surface area contributed by atoms with Crippen LogP contribution in [0.15, 0.2) is 54.6 Å². The number of hydrogen-bond donors (Lipinski definition) is 0. The van der Waals surface area contributed by atoms with Crippen molar-refractivity contribution < 1.29 is 17.9 Å². The molecule has 0 heterocycles. The van der Waals surface area contributed by atoms with Crippen LogP contribution in [-0.2, 0) is 6.18 Å². The van der Waals surface area contributed by atoms with E-state index < -0.39 is 11.7 Å². The van der Waals surface area contributed by atoms with Crippen molar-refractivity contribution >= 4 is 6.08 Å². The third kappa shape index (κ3) is 4.13. The highest BCUT2D eigenvalue weighted by Crippen LogP contribution is 2.30. The lowest BCUT2D eigenvalue weighted by Gasteiger charge is -2.10. The van der Waals surface area contributed by atoms with Crippen molar-refractivity contribution in [3.8, 4) is 5.75 Å². The number of hydrogen-bond acceptors (Lipinski definition) is 1. The molecule has 2 aromatic carbocycles. The van der Waals surface area contributed by atoms with Gasteiger partial charge in [0.1, 0.15) is 5.75 Å². The molecule has 0 fully saturated rings. The molecule has 0 spiro atoms. The van der Waals surface area contributed by atoms with Gasteiger partial charge < -0.3 is 4.74 Å². The maximum Gasteiger partial charge on any atom is 0.416 e. The number of methoxy groups -OCH3 is 1. The molecule has 0 aliphatic carbocycles. The molecule has 4 heteroatoms. The SMILES string of the molecule is COc1ccc(/C=C/[C@H](C)c2ccc(C(F)(F)F)cc2)cc1. The second-order valence-electron chi connectivity index (χ2n) is 5.04. The second kappa shape index (κ2) is 6.69. The highest BCUT2D eigenvalue weighted by molar-refractivity contribution is 5.52. The van der Waals surface area contributed by atoms with Gasteiger partial charge in [0, 0.05) is 0 Å². The molecule has 0 aliphatic heterocycles. The molecule has 0 unspecified atom stereocenters. The zero-order valence-corrected chi connectivity index (χ0v) is 12.4. The summed E-state index contributed by atoms with van der Waals surface area (Å²) in [6.07, 6.45) is -0.382. The van der Waals surface area contributed by atoms with E-state index in [9.17, 15) is 13.2 Å². The quantitative estimate of drug-likeness (QED) is 0.721. The van der Waals surface area contributed by atoms with E-state index in [1.807, 2.05) is 43.3 Å². The van der Waals surface area contributed by atoms with E-state index in [0.29, 0.717) is 0 Å². The minimum atomic E-state index is -4.29. The summed E-state index contributed by atoms with van der Waals surface area (Å²) in [6.45, 7) is 1.95. The summed E-state index contributed by atoms with van der Waals surface area (Å²) in [5.41, 5.74) is 1.24. The van der Waals surface area contributed by atoms with Gasteiger partial charge in [-0.3, -0.25) is 0 Å². The highest BCUT2D eigenvalue weighted by atomic mass is 19.4. The predicted octanol–water partition coefficient (Wildman–Crippen LogP) is 5.53. The van der Waals surface area contributed by atoms with Gasteiger partial charge in [-0.2, -0.15) is 13.2 Å². The summed E-state index contributed by atoms with van der Waals surface area (Å²) in [6, 6.07) is 12.9. The second-order valence-corrected chi connectivity index (χ2v) is 5.04. The van der Waals surface area contributed by atoms with Gasteiger partial charge in [-0.05, 0) is 41.3 Å². The van der Waals surface area contributed by atoms with E-state index in [1.165, 1.54) is 12.1 Å². The molecule has 2 aromatic rings.